The molecule has 0 bridgehead atoms. The molecule has 170 valence electrons. The number of carbonyl (C=O) groups excluding carboxylic acids is 1. The third-order valence-corrected chi connectivity index (χ3v) is 6.05. The second-order valence-electron chi connectivity index (χ2n) is 7.89. The lowest BCUT2D eigenvalue weighted by atomic mass is 9.87. The number of hydrogen-bond donors (Lipinski definition) is 0. The Bertz CT molecular complexity index is 1010. The predicted octanol–water partition coefficient (Wildman–Crippen LogP) is 2.42. The van der Waals surface area contributed by atoms with Crippen LogP contribution in [0.1, 0.15) is 22.7 Å². The van der Waals surface area contributed by atoms with Gasteiger partial charge in [-0.15, -0.1) is 0 Å². The van der Waals surface area contributed by atoms with Gasteiger partial charge in [0.05, 0.1) is 44.9 Å². The SMILES string of the molecule is COc1cc2c(cc1OC)C(c1cccc([N+](=O)[O-])c1)N(C(=O)CN1CCOCC1)CC2. The predicted molar refractivity (Wildman–Crippen MR) is 117 cm³/mol. The van der Waals surface area contributed by atoms with E-state index in [0.29, 0.717) is 56.3 Å². The smallest absolute Gasteiger partial charge is 0.269 e. The fourth-order valence-electron chi connectivity index (χ4n) is 4.42. The van der Waals surface area contributed by atoms with Crippen LogP contribution in [0.15, 0.2) is 36.4 Å². The standard InChI is InChI=1S/C23H27N3O6/c1-30-20-13-16-6-7-25(22(27)15-24-8-10-32-11-9-24)23(19(16)14-21(20)31-2)17-4-3-5-18(12-17)26(28)29/h3-5,12-14,23H,6-11,15H2,1-2H3. The molecule has 0 spiro atoms. The van der Waals surface area contributed by atoms with E-state index in [2.05, 4.69) is 4.90 Å². The maximum atomic E-state index is 13.4. The minimum Gasteiger partial charge on any atom is -0.493 e. The quantitative estimate of drug-likeness (QED) is 0.502. The van der Waals surface area contributed by atoms with Crippen LogP contribution in [-0.4, -0.2) is 74.2 Å². The van der Waals surface area contributed by atoms with E-state index in [4.69, 9.17) is 14.2 Å². The second-order valence-corrected chi connectivity index (χ2v) is 7.89. The van der Waals surface area contributed by atoms with Crippen molar-refractivity contribution in [3.8, 4) is 11.5 Å². The highest BCUT2D eigenvalue weighted by molar-refractivity contribution is 5.80. The number of hydrogen-bond acceptors (Lipinski definition) is 7. The van der Waals surface area contributed by atoms with Crippen molar-refractivity contribution in [3.05, 3.63) is 63.2 Å². The summed E-state index contributed by atoms with van der Waals surface area (Å²) in [5.41, 5.74) is 2.62. The molecule has 1 fully saturated rings. The summed E-state index contributed by atoms with van der Waals surface area (Å²) in [6, 6.07) is 9.86. The van der Waals surface area contributed by atoms with E-state index in [-0.39, 0.29) is 18.1 Å². The van der Waals surface area contributed by atoms with E-state index in [1.54, 1.807) is 26.4 Å². The van der Waals surface area contributed by atoms with Gasteiger partial charge in [0.15, 0.2) is 11.5 Å². The van der Waals surface area contributed by atoms with E-state index >= 15 is 0 Å². The summed E-state index contributed by atoms with van der Waals surface area (Å²) in [5.74, 6) is 1.17. The van der Waals surface area contributed by atoms with Crippen molar-refractivity contribution in [3.63, 3.8) is 0 Å². The Balaban J connectivity index is 1.75. The minimum absolute atomic E-state index is 0.00400. The first-order valence-corrected chi connectivity index (χ1v) is 10.6. The maximum absolute atomic E-state index is 13.4. The number of fused-ring (bicyclic) bond motifs is 1. The Morgan fingerprint density at radius 2 is 1.84 bits per heavy atom. The van der Waals surface area contributed by atoms with E-state index in [9.17, 15) is 14.9 Å². The lowest BCUT2D eigenvalue weighted by molar-refractivity contribution is -0.384. The number of morpholine rings is 1. The first kappa shape index (κ1) is 22.0. The zero-order chi connectivity index (χ0) is 22.7. The molecule has 1 saturated heterocycles. The number of rotatable bonds is 6. The topological polar surface area (TPSA) is 94.4 Å². The number of ether oxygens (including phenoxy) is 3. The Kier molecular flexibility index (Phi) is 6.57. The van der Waals surface area contributed by atoms with Crippen LogP contribution in [0.2, 0.25) is 0 Å². The molecule has 0 N–H and O–H groups in total. The van der Waals surface area contributed by atoms with Crippen molar-refractivity contribution < 1.29 is 23.9 Å². The molecule has 9 nitrogen and oxygen atoms in total. The van der Waals surface area contributed by atoms with Gasteiger partial charge in [-0.2, -0.15) is 0 Å². The molecule has 2 aromatic rings. The molecule has 4 rings (SSSR count). The third-order valence-electron chi connectivity index (χ3n) is 6.05. The van der Waals surface area contributed by atoms with Crippen LogP contribution in [0.5, 0.6) is 11.5 Å². The molecule has 1 amide bonds. The van der Waals surface area contributed by atoms with E-state index in [1.165, 1.54) is 6.07 Å². The number of amides is 1. The van der Waals surface area contributed by atoms with Gasteiger partial charge in [-0.25, -0.2) is 0 Å². The highest BCUT2D eigenvalue weighted by Gasteiger charge is 2.34. The molecule has 2 heterocycles. The van der Waals surface area contributed by atoms with Gasteiger partial charge >= 0.3 is 0 Å². The zero-order valence-corrected chi connectivity index (χ0v) is 18.3. The number of carbonyl (C=O) groups is 1. The molecule has 0 aromatic heterocycles. The summed E-state index contributed by atoms with van der Waals surface area (Å²) in [6.45, 7) is 3.45. The van der Waals surface area contributed by atoms with Gasteiger partial charge in [0.2, 0.25) is 5.91 Å². The van der Waals surface area contributed by atoms with Crippen molar-refractivity contribution in [2.24, 2.45) is 0 Å². The molecule has 9 heteroatoms. The van der Waals surface area contributed by atoms with Gasteiger partial charge in [-0.05, 0) is 35.2 Å². The van der Waals surface area contributed by atoms with Crippen molar-refractivity contribution >= 4 is 11.6 Å². The number of non-ortho nitro benzene ring substituents is 1. The largest absolute Gasteiger partial charge is 0.493 e. The third kappa shape index (κ3) is 4.39. The average Bonchev–Trinajstić information content (AvgIpc) is 2.82. The molecular formula is C23H27N3O6. The summed E-state index contributed by atoms with van der Waals surface area (Å²) in [7, 11) is 3.15. The van der Waals surface area contributed by atoms with Gasteiger partial charge in [0.1, 0.15) is 0 Å². The monoisotopic (exact) mass is 441 g/mol. The van der Waals surface area contributed by atoms with Crippen molar-refractivity contribution in [2.45, 2.75) is 12.5 Å². The maximum Gasteiger partial charge on any atom is 0.269 e. The van der Waals surface area contributed by atoms with Crippen LogP contribution in [0, 0.1) is 10.1 Å². The summed E-state index contributed by atoms with van der Waals surface area (Å²) in [6.07, 6.45) is 0.663. The van der Waals surface area contributed by atoms with Gasteiger partial charge < -0.3 is 19.1 Å². The molecule has 0 saturated carbocycles. The molecular weight excluding hydrogens is 414 g/mol. The Morgan fingerprint density at radius 3 is 2.53 bits per heavy atom. The van der Waals surface area contributed by atoms with E-state index in [1.807, 2.05) is 23.1 Å². The molecule has 1 unspecified atom stereocenters. The number of nitro groups is 1. The summed E-state index contributed by atoms with van der Waals surface area (Å²) in [4.78, 5) is 28.3. The summed E-state index contributed by atoms with van der Waals surface area (Å²) < 4.78 is 16.4. The van der Waals surface area contributed by atoms with Crippen LogP contribution in [-0.2, 0) is 16.0 Å². The van der Waals surface area contributed by atoms with E-state index in [0.717, 1.165) is 11.1 Å². The normalized spacial score (nSPS) is 18.7. The van der Waals surface area contributed by atoms with Gasteiger partial charge in [0, 0.05) is 31.8 Å². The first-order valence-electron chi connectivity index (χ1n) is 10.6. The van der Waals surface area contributed by atoms with Gasteiger partial charge in [-0.1, -0.05) is 12.1 Å². The number of benzene rings is 2. The first-order chi connectivity index (χ1) is 15.5. The van der Waals surface area contributed by atoms with Gasteiger partial charge in [0.25, 0.3) is 5.69 Å². The van der Waals surface area contributed by atoms with Crippen LogP contribution in [0.3, 0.4) is 0 Å². The minimum atomic E-state index is -0.452. The highest BCUT2D eigenvalue weighted by Crippen LogP contribution is 2.41. The highest BCUT2D eigenvalue weighted by atomic mass is 16.6. The number of nitro benzene ring substituents is 1. The Hall–Kier alpha value is -3.17. The van der Waals surface area contributed by atoms with E-state index < -0.39 is 11.0 Å². The molecule has 0 radical (unpaired) electrons. The molecule has 2 aromatic carbocycles. The van der Waals surface area contributed by atoms with Crippen LogP contribution in [0.25, 0.3) is 0 Å². The fourth-order valence-corrected chi connectivity index (χ4v) is 4.42. The van der Waals surface area contributed by atoms with Gasteiger partial charge in [-0.3, -0.25) is 19.8 Å². The number of methoxy groups -OCH3 is 2. The van der Waals surface area contributed by atoms with Crippen LogP contribution < -0.4 is 9.47 Å². The molecule has 1 atom stereocenters. The molecule has 2 aliphatic rings. The Morgan fingerprint density at radius 1 is 1.12 bits per heavy atom. The lowest BCUT2D eigenvalue weighted by Crippen LogP contribution is -2.48. The molecule has 32 heavy (non-hydrogen) atoms. The fraction of sp³-hybridized carbons (Fsp3) is 0.435. The Labute approximate surface area is 186 Å². The van der Waals surface area contributed by atoms with Crippen molar-refractivity contribution in [1.82, 2.24) is 9.80 Å². The van der Waals surface area contributed by atoms with Crippen molar-refractivity contribution in [2.75, 3.05) is 53.6 Å². The lowest BCUT2D eigenvalue weighted by Gasteiger charge is -2.39. The zero-order valence-electron chi connectivity index (χ0n) is 18.3. The summed E-state index contributed by atoms with van der Waals surface area (Å²) >= 11 is 0. The number of nitrogens with zero attached hydrogens (tertiary/aromatic N) is 3. The van der Waals surface area contributed by atoms with Crippen molar-refractivity contribution in [1.29, 1.82) is 0 Å². The average molecular weight is 441 g/mol. The molecule has 2 aliphatic heterocycles. The summed E-state index contributed by atoms with van der Waals surface area (Å²) in [5, 5.41) is 11.4. The second kappa shape index (κ2) is 9.54. The molecule has 0 aliphatic carbocycles. The van der Waals surface area contributed by atoms with Crippen LogP contribution in [0.4, 0.5) is 5.69 Å². The van der Waals surface area contributed by atoms with Crippen LogP contribution >= 0.6 is 0 Å².